The molecular formula is C21H28O4. The molecule has 0 amide bonds. The first kappa shape index (κ1) is 6.51. The molecule has 1 atom stereocenters. The SMILES string of the molecule is [2H]c1c([2H])c(C)c([2H])c(OC([2H])([2H])C([2H])(O)C([2H])([2H])CC([2H])([2H])Cc2c([2H])c([2H])c(OC([2H])([2H])[2H])c(OC)c2[2H])c1[2H]. The van der Waals surface area contributed by atoms with Gasteiger partial charge < -0.3 is 19.3 Å². The smallest absolute Gasteiger partial charge is 0.160 e. The Balaban J connectivity index is 2.49. The monoisotopic (exact) mass is 361 g/mol. The third kappa shape index (κ3) is 6.31. The summed E-state index contributed by atoms with van der Waals surface area (Å²) in [6, 6.07) is -5.36. The van der Waals surface area contributed by atoms with Gasteiger partial charge in [-0.3, -0.25) is 0 Å². The van der Waals surface area contributed by atoms with Crippen molar-refractivity contribution in [2.45, 2.75) is 38.6 Å². The van der Waals surface area contributed by atoms with Crippen LogP contribution < -0.4 is 14.2 Å². The predicted octanol–water partition coefficient (Wildman–Crippen LogP) is 4.16. The predicted molar refractivity (Wildman–Crippen MR) is 99.8 cm³/mol. The van der Waals surface area contributed by atoms with E-state index in [1.165, 1.54) is 6.92 Å². The first-order valence-corrected chi connectivity index (χ1v) is 7.07. The summed E-state index contributed by atoms with van der Waals surface area (Å²) < 4.78 is 150. The van der Waals surface area contributed by atoms with Gasteiger partial charge in [0, 0.05) is 5.48 Å². The molecule has 0 aliphatic rings. The summed E-state index contributed by atoms with van der Waals surface area (Å²) in [4.78, 5) is 0. The molecule has 2 aromatic rings. The maximum absolute atomic E-state index is 10.7. The fourth-order valence-corrected chi connectivity index (χ4v) is 1.65. The van der Waals surface area contributed by atoms with Crippen LogP contribution in [0.2, 0.25) is 0 Å². The number of ether oxygens (including phenoxy) is 3. The van der Waals surface area contributed by atoms with Crippen LogP contribution in [0.3, 0.4) is 0 Å². The second-order valence-corrected chi connectivity index (χ2v) is 4.61. The summed E-state index contributed by atoms with van der Waals surface area (Å²) in [6.07, 6.45) is -12.7. The van der Waals surface area contributed by atoms with Gasteiger partial charge in [0.25, 0.3) is 0 Å². The zero-order valence-electron chi connectivity index (χ0n) is 30.6. The van der Waals surface area contributed by atoms with Gasteiger partial charge in [-0.1, -0.05) is 24.5 Å². The van der Waals surface area contributed by atoms with E-state index >= 15 is 0 Å². The quantitative estimate of drug-likeness (QED) is 0.690. The Morgan fingerprint density at radius 2 is 2.12 bits per heavy atom. The first-order valence-electron chi connectivity index (χ1n) is 15.6. The molecule has 4 heteroatoms. The Hall–Kier alpha value is -2.20. The standard InChI is InChI=1S/C21H28O4/c1-16-7-6-10-19(13-16)25-15-18(22)9-5-4-8-17-11-12-20(23-2)21(14-17)24-3/h6-7,10-14,18,22H,4-5,8-9,15H2,1-3H3/i2D3,4D2,6D,7D,9D2,10D,11D,12D,13D,14D,15D2,18D. The number of rotatable bonds is 10. The lowest BCUT2D eigenvalue weighted by atomic mass is 10.0. The maximum atomic E-state index is 10.7. The molecule has 136 valence electrons. The summed E-state index contributed by atoms with van der Waals surface area (Å²) in [5.74, 6) is -2.33. The highest BCUT2D eigenvalue weighted by molar-refractivity contribution is 5.42. The molecule has 0 heterocycles. The Bertz CT molecular complexity index is 1330. The minimum atomic E-state index is -3.93. The van der Waals surface area contributed by atoms with Crippen LogP contribution in [-0.2, 0) is 6.42 Å². The number of methoxy groups -OCH3 is 2. The minimum Gasteiger partial charge on any atom is -0.493 e. The van der Waals surface area contributed by atoms with Gasteiger partial charge in [-0.05, 0) is 61.4 Å². The van der Waals surface area contributed by atoms with Crippen LogP contribution >= 0.6 is 0 Å². The van der Waals surface area contributed by atoms with Gasteiger partial charge in [0.2, 0.25) is 0 Å². The Morgan fingerprint density at radius 1 is 1.24 bits per heavy atom. The van der Waals surface area contributed by atoms with Crippen LogP contribution in [0.25, 0.3) is 0 Å². The molecule has 0 radical (unpaired) electrons. The highest BCUT2D eigenvalue weighted by Gasteiger charge is 2.07. The van der Waals surface area contributed by atoms with Crippen LogP contribution in [0.1, 0.15) is 53.6 Å². The molecule has 0 aliphatic heterocycles. The number of hydrogen-bond acceptors (Lipinski definition) is 4. The zero-order valence-corrected chi connectivity index (χ0v) is 13.6. The lowest BCUT2D eigenvalue weighted by Crippen LogP contribution is -2.17. The van der Waals surface area contributed by atoms with Crippen molar-refractivity contribution in [3.63, 3.8) is 0 Å². The van der Waals surface area contributed by atoms with Crippen molar-refractivity contribution in [2.75, 3.05) is 20.7 Å². The molecule has 4 nitrogen and oxygen atoms in total. The minimum absolute atomic E-state index is 0.188. The lowest BCUT2D eigenvalue weighted by molar-refractivity contribution is 0.0976. The topological polar surface area (TPSA) is 47.9 Å². The Labute approximate surface area is 174 Å². The van der Waals surface area contributed by atoms with E-state index in [0.717, 1.165) is 7.11 Å². The zero-order chi connectivity index (χ0) is 33.0. The van der Waals surface area contributed by atoms with Gasteiger partial charge in [-0.2, -0.15) is 0 Å². The van der Waals surface area contributed by atoms with E-state index in [0.29, 0.717) is 0 Å². The normalized spacial score (nSPS) is 25.2. The third-order valence-corrected chi connectivity index (χ3v) is 2.76. The number of aliphatic hydroxyl groups is 1. The second-order valence-electron chi connectivity index (χ2n) is 4.61. The highest BCUT2D eigenvalue weighted by Crippen LogP contribution is 2.28. The molecule has 0 saturated heterocycles. The van der Waals surface area contributed by atoms with Gasteiger partial charge in [-0.25, -0.2) is 0 Å². The van der Waals surface area contributed by atoms with Gasteiger partial charge in [-0.15, -0.1) is 0 Å². The molecule has 1 unspecified atom stereocenters. The summed E-state index contributed by atoms with van der Waals surface area (Å²) in [5, 5.41) is 10.7. The fourth-order valence-electron chi connectivity index (χ4n) is 1.65. The van der Waals surface area contributed by atoms with Crippen LogP contribution in [-0.4, -0.2) is 31.9 Å². The van der Waals surface area contributed by atoms with Crippen molar-refractivity contribution in [1.29, 1.82) is 0 Å². The summed E-state index contributed by atoms with van der Waals surface area (Å²) in [5.41, 5.74) is -0.721. The molecule has 0 saturated carbocycles. The number of hydrogen-bond donors (Lipinski definition) is 1. The van der Waals surface area contributed by atoms with Crippen molar-refractivity contribution in [3.8, 4) is 17.2 Å². The molecule has 0 aliphatic carbocycles. The third-order valence-electron chi connectivity index (χ3n) is 2.76. The molecule has 0 spiro atoms. The van der Waals surface area contributed by atoms with Crippen LogP contribution in [0.4, 0.5) is 0 Å². The molecule has 0 bridgehead atoms. The van der Waals surface area contributed by atoms with Crippen molar-refractivity contribution >= 4 is 0 Å². The summed E-state index contributed by atoms with van der Waals surface area (Å²) in [7, 11) is -2.07. The van der Waals surface area contributed by atoms with Crippen molar-refractivity contribution in [3.05, 3.63) is 53.4 Å². The van der Waals surface area contributed by atoms with Gasteiger partial charge in [0.15, 0.2) is 11.5 Å². The lowest BCUT2D eigenvalue weighted by Gasteiger charge is -2.13. The molecule has 25 heavy (non-hydrogen) atoms. The molecule has 0 aromatic heterocycles. The van der Waals surface area contributed by atoms with Gasteiger partial charge in [0.05, 0.1) is 38.0 Å². The van der Waals surface area contributed by atoms with E-state index in [1.807, 2.05) is 0 Å². The Kier molecular flexibility index (Phi) is 2.59. The van der Waals surface area contributed by atoms with Crippen LogP contribution in [0.15, 0.2) is 42.3 Å². The van der Waals surface area contributed by atoms with Crippen LogP contribution in [0, 0.1) is 6.92 Å². The maximum Gasteiger partial charge on any atom is 0.160 e. The summed E-state index contributed by atoms with van der Waals surface area (Å²) in [6.45, 7) is -2.54. The van der Waals surface area contributed by atoms with E-state index in [2.05, 4.69) is 4.74 Å². The van der Waals surface area contributed by atoms with Crippen molar-refractivity contribution in [2.24, 2.45) is 0 Å². The summed E-state index contributed by atoms with van der Waals surface area (Å²) >= 11 is 0. The molecule has 1 N–H and O–H groups in total. The van der Waals surface area contributed by atoms with Gasteiger partial charge >= 0.3 is 0 Å². The molecule has 2 rings (SSSR count). The molecule has 2 aromatic carbocycles. The van der Waals surface area contributed by atoms with E-state index in [-0.39, 0.29) is 5.56 Å². The largest absolute Gasteiger partial charge is 0.493 e. The first-order chi connectivity index (χ1) is 18.7. The average Bonchev–Trinajstić information content (AvgIpc) is 2.84. The average molecular weight is 362 g/mol. The second kappa shape index (κ2) is 9.94. The highest BCUT2D eigenvalue weighted by atomic mass is 16.5. The molecule has 0 fully saturated rings. The van der Waals surface area contributed by atoms with Crippen molar-refractivity contribution in [1.82, 2.24) is 0 Å². The van der Waals surface area contributed by atoms with Gasteiger partial charge in [0.1, 0.15) is 12.3 Å². The molecular weight excluding hydrogens is 316 g/mol. The van der Waals surface area contributed by atoms with Crippen LogP contribution in [0.5, 0.6) is 17.2 Å². The van der Waals surface area contributed by atoms with E-state index in [1.54, 1.807) is 0 Å². The Morgan fingerprint density at radius 3 is 2.92 bits per heavy atom. The fraction of sp³-hybridized carbons (Fsp3) is 0.429. The van der Waals surface area contributed by atoms with E-state index in [9.17, 15) is 5.11 Å². The number of benzene rings is 2. The van der Waals surface area contributed by atoms with E-state index in [4.69, 9.17) is 32.8 Å². The van der Waals surface area contributed by atoms with Crippen molar-refractivity contribution < 1.29 is 42.6 Å². The van der Waals surface area contributed by atoms with E-state index < -0.39 is 110 Å².